The summed E-state index contributed by atoms with van der Waals surface area (Å²) < 4.78 is 8.71. The van der Waals surface area contributed by atoms with Crippen molar-refractivity contribution in [2.75, 3.05) is 0 Å². The fraction of sp³-hybridized carbons (Fsp3) is 0.0612. The first-order chi connectivity index (χ1) is 27.0. The van der Waals surface area contributed by atoms with Crippen molar-refractivity contribution in [3.8, 4) is 62.4 Å². The maximum Gasteiger partial charge on any atom is 0.238 e. The first-order valence-electron chi connectivity index (χ1n) is 18.6. The van der Waals surface area contributed by atoms with Crippen LogP contribution in [0, 0.1) is 0 Å². The molecule has 0 N–H and O–H groups in total. The summed E-state index contributed by atoms with van der Waals surface area (Å²) in [6.45, 7) is 4.55. The molecule has 1 aliphatic rings. The quantitative estimate of drug-likeness (QED) is 0.178. The second-order valence-electron chi connectivity index (χ2n) is 14.7. The third-order valence-corrected chi connectivity index (χ3v) is 11.1. The van der Waals surface area contributed by atoms with E-state index in [1.54, 1.807) is 0 Å². The van der Waals surface area contributed by atoms with Crippen LogP contribution < -0.4 is 0 Å². The summed E-state index contributed by atoms with van der Waals surface area (Å²) in [4.78, 5) is 20.6. The van der Waals surface area contributed by atoms with E-state index in [4.69, 9.17) is 24.4 Å². The minimum Gasteiger partial charge on any atom is -0.435 e. The van der Waals surface area contributed by atoms with Gasteiger partial charge in [-0.1, -0.05) is 135 Å². The molecule has 1 aliphatic carbocycles. The van der Waals surface area contributed by atoms with Gasteiger partial charge in [0.1, 0.15) is 5.52 Å². The van der Waals surface area contributed by atoms with Gasteiger partial charge in [0, 0.05) is 38.4 Å². The smallest absolute Gasteiger partial charge is 0.238 e. The predicted molar refractivity (Wildman–Crippen MR) is 221 cm³/mol. The van der Waals surface area contributed by atoms with Crippen molar-refractivity contribution in [1.82, 2.24) is 24.5 Å². The summed E-state index contributed by atoms with van der Waals surface area (Å²) in [5.74, 6) is 2.41. The highest BCUT2D eigenvalue weighted by atomic mass is 16.3. The van der Waals surface area contributed by atoms with Crippen LogP contribution in [0.5, 0.6) is 0 Å². The summed E-state index contributed by atoms with van der Waals surface area (Å²) in [6.07, 6.45) is 0. The molecule has 0 spiro atoms. The molecule has 0 fully saturated rings. The lowest BCUT2D eigenvalue weighted by Crippen LogP contribution is -2.15. The molecule has 6 nitrogen and oxygen atoms in total. The normalized spacial score (nSPS) is 13.1. The van der Waals surface area contributed by atoms with Gasteiger partial charge in [-0.15, -0.1) is 0 Å². The summed E-state index contributed by atoms with van der Waals surface area (Å²) in [6, 6.07) is 56.7. The molecule has 0 unspecified atom stereocenters. The monoisotopic (exact) mass is 707 g/mol. The zero-order valence-corrected chi connectivity index (χ0v) is 30.2. The fourth-order valence-corrected chi connectivity index (χ4v) is 8.38. The summed E-state index contributed by atoms with van der Waals surface area (Å²) in [5, 5.41) is 2.30. The van der Waals surface area contributed by atoms with Crippen LogP contribution in [0.4, 0.5) is 0 Å². The lowest BCUT2D eigenvalue weighted by Gasteiger charge is -2.21. The zero-order valence-electron chi connectivity index (χ0n) is 30.2. The van der Waals surface area contributed by atoms with Crippen LogP contribution in [0.1, 0.15) is 25.0 Å². The number of fused-ring (bicyclic) bond motifs is 8. The molecular weight excluding hydrogens is 675 g/mol. The van der Waals surface area contributed by atoms with Gasteiger partial charge >= 0.3 is 0 Å². The van der Waals surface area contributed by atoms with E-state index >= 15 is 0 Å². The Kier molecular flexibility index (Phi) is 6.79. The first-order valence-corrected chi connectivity index (χ1v) is 18.6. The second kappa shape index (κ2) is 11.9. The lowest BCUT2D eigenvalue weighted by atomic mass is 9.82. The molecule has 0 radical (unpaired) electrons. The molecule has 0 aliphatic heterocycles. The lowest BCUT2D eigenvalue weighted by molar-refractivity contribution is 0.618. The van der Waals surface area contributed by atoms with Crippen molar-refractivity contribution >= 4 is 32.9 Å². The topological polar surface area (TPSA) is 69.6 Å². The van der Waals surface area contributed by atoms with Gasteiger partial charge in [-0.05, 0) is 70.3 Å². The molecule has 10 aromatic rings. The third-order valence-electron chi connectivity index (χ3n) is 11.1. The second-order valence-corrected chi connectivity index (χ2v) is 14.7. The summed E-state index contributed by atoms with van der Waals surface area (Å²) in [5.41, 5.74) is 13.1. The molecule has 6 heteroatoms. The van der Waals surface area contributed by atoms with Gasteiger partial charge in [-0.3, -0.25) is 4.57 Å². The zero-order chi connectivity index (χ0) is 36.7. The van der Waals surface area contributed by atoms with E-state index in [-0.39, 0.29) is 5.41 Å². The number of aromatic nitrogens is 5. The van der Waals surface area contributed by atoms with Crippen molar-refractivity contribution in [2.45, 2.75) is 19.3 Å². The van der Waals surface area contributed by atoms with E-state index in [1.807, 2.05) is 36.4 Å². The van der Waals surface area contributed by atoms with Crippen LogP contribution >= 0.6 is 0 Å². The first kappa shape index (κ1) is 31.4. The van der Waals surface area contributed by atoms with Crippen molar-refractivity contribution in [3.05, 3.63) is 175 Å². The molecule has 3 aromatic heterocycles. The Balaban J connectivity index is 1.11. The van der Waals surface area contributed by atoms with Gasteiger partial charge < -0.3 is 4.42 Å². The van der Waals surface area contributed by atoms with Crippen molar-refractivity contribution < 1.29 is 4.42 Å². The molecule has 3 heterocycles. The highest BCUT2D eigenvalue weighted by Gasteiger charge is 2.38. The molecule has 7 aromatic carbocycles. The number of hydrogen-bond acceptors (Lipinski definition) is 5. The van der Waals surface area contributed by atoms with E-state index in [0.29, 0.717) is 23.5 Å². The maximum absolute atomic E-state index is 6.55. The van der Waals surface area contributed by atoms with Gasteiger partial charge in [-0.25, -0.2) is 9.97 Å². The number of nitrogens with zero attached hydrogens (tertiary/aromatic N) is 5. The number of para-hydroxylation sites is 2. The minimum absolute atomic E-state index is 0.301. The fourth-order valence-electron chi connectivity index (χ4n) is 8.38. The van der Waals surface area contributed by atoms with E-state index in [0.717, 1.165) is 71.8 Å². The summed E-state index contributed by atoms with van der Waals surface area (Å²) >= 11 is 0. The molecule has 0 atom stereocenters. The molecule has 0 bridgehead atoms. The van der Waals surface area contributed by atoms with Crippen LogP contribution in [0.25, 0.3) is 95.3 Å². The molecule has 0 saturated heterocycles. The third kappa shape index (κ3) is 4.88. The van der Waals surface area contributed by atoms with Gasteiger partial charge in [0.25, 0.3) is 0 Å². The highest BCUT2D eigenvalue weighted by Crippen LogP contribution is 2.52. The Morgan fingerprint density at radius 2 is 1.07 bits per heavy atom. The van der Waals surface area contributed by atoms with Crippen molar-refractivity contribution in [2.24, 2.45) is 0 Å². The number of oxazole rings is 1. The van der Waals surface area contributed by atoms with E-state index in [9.17, 15) is 0 Å². The van der Waals surface area contributed by atoms with E-state index in [1.165, 1.54) is 11.1 Å². The SMILES string of the molecule is CC1(C)c2cc(-c3nc(-c4cccc(-c5ccccc5)c4)nc(-n4c5ccccc5c5ccccc54)n3)ccc2-c2c1ccc1nc(-c3ccccc3)oc21. The van der Waals surface area contributed by atoms with Crippen LogP contribution in [-0.2, 0) is 5.41 Å². The highest BCUT2D eigenvalue weighted by molar-refractivity contribution is 6.09. The minimum atomic E-state index is -0.301. The number of rotatable bonds is 5. The Labute approximate surface area is 317 Å². The summed E-state index contributed by atoms with van der Waals surface area (Å²) in [7, 11) is 0. The Morgan fingerprint density at radius 1 is 0.473 bits per heavy atom. The Morgan fingerprint density at radius 3 is 1.78 bits per heavy atom. The van der Waals surface area contributed by atoms with Crippen LogP contribution in [-0.4, -0.2) is 24.5 Å². The van der Waals surface area contributed by atoms with Crippen molar-refractivity contribution in [1.29, 1.82) is 0 Å². The Hall–Kier alpha value is -7.18. The number of hydrogen-bond donors (Lipinski definition) is 0. The van der Waals surface area contributed by atoms with E-state index < -0.39 is 0 Å². The van der Waals surface area contributed by atoms with Crippen LogP contribution in [0.2, 0.25) is 0 Å². The molecule has 0 amide bonds. The van der Waals surface area contributed by atoms with Crippen LogP contribution in [0.15, 0.2) is 168 Å². The van der Waals surface area contributed by atoms with Gasteiger partial charge in [0.15, 0.2) is 17.2 Å². The van der Waals surface area contributed by atoms with Crippen LogP contribution in [0.3, 0.4) is 0 Å². The van der Waals surface area contributed by atoms with Gasteiger partial charge in [-0.2, -0.15) is 9.97 Å². The molecular formula is C49H33N5O. The number of benzene rings is 7. The van der Waals surface area contributed by atoms with Crippen molar-refractivity contribution in [3.63, 3.8) is 0 Å². The van der Waals surface area contributed by atoms with Gasteiger partial charge in [0.05, 0.1) is 11.0 Å². The molecule has 55 heavy (non-hydrogen) atoms. The van der Waals surface area contributed by atoms with E-state index in [2.05, 4.69) is 146 Å². The van der Waals surface area contributed by atoms with Gasteiger partial charge in [0.2, 0.25) is 11.8 Å². The largest absolute Gasteiger partial charge is 0.435 e. The Bertz CT molecular complexity index is 3070. The predicted octanol–water partition coefficient (Wildman–Crippen LogP) is 12.1. The maximum atomic E-state index is 6.55. The average molecular weight is 708 g/mol. The standard InChI is InChI=1S/C49H33N5O/c1-49(2)38-26-27-40-44(55-47(50-40)31-16-7-4-8-17-31)43(38)37-25-24-34(29-39(37)49)46-51-45(33-19-13-18-32(28-33)30-14-5-3-6-15-30)52-48(53-46)54-41-22-11-9-20-35(41)36-21-10-12-23-42(36)54/h3-29H,1-2H3. The molecule has 11 rings (SSSR count). The molecule has 260 valence electrons. The molecule has 0 saturated carbocycles. The average Bonchev–Trinajstić information content (AvgIpc) is 3.90.